The summed E-state index contributed by atoms with van der Waals surface area (Å²) in [6, 6.07) is 15.9. The Labute approximate surface area is 194 Å². The molecule has 0 aliphatic heterocycles. The van der Waals surface area contributed by atoms with Crippen molar-refractivity contribution in [3.05, 3.63) is 93.1 Å². The third-order valence-corrected chi connectivity index (χ3v) is 5.45. The summed E-state index contributed by atoms with van der Waals surface area (Å²) < 4.78 is 31.2. The van der Waals surface area contributed by atoms with Gasteiger partial charge in [0.05, 0.1) is 16.0 Å². The molecule has 33 heavy (non-hydrogen) atoms. The minimum absolute atomic E-state index is 0.00935. The SMILES string of the molecule is Cc1ccc(OC(C)C(=O)Oc2ccc3c(=O)c(-c4c(F)cccc4Cl)c(C)oc3c2)cc1. The lowest BCUT2D eigenvalue weighted by atomic mass is 10.0. The van der Waals surface area contributed by atoms with E-state index in [0.29, 0.717) is 5.75 Å². The van der Waals surface area contributed by atoms with Crippen LogP contribution in [-0.2, 0) is 4.79 Å². The zero-order valence-electron chi connectivity index (χ0n) is 18.1. The van der Waals surface area contributed by atoms with E-state index in [1.807, 2.05) is 19.1 Å². The smallest absolute Gasteiger partial charge is 0.352 e. The van der Waals surface area contributed by atoms with E-state index in [0.717, 1.165) is 5.56 Å². The predicted molar refractivity (Wildman–Crippen MR) is 125 cm³/mol. The van der Waals surface area contributed by atoms with Crippen LogP contribution in [0, 0.1) is 19.7 Å². The summed E-state index contributed by atoms with van der Waals surface area (Å²) in [5.74, 6) is -0.302. The molecular weight excluding hydrogens is 447 g/mol. The lowest BCUT2D eigenvalue weighted by molar-refractivity contribution is -0.141. The Hall–Kier alpha value is -3.64. The van der Waals surface area contributed by atoms with Crippen LogP contribution in [0.5, 0.6) is 11.5 Å². The van der Waals surface area contributed by atoms with Crippen molar-refractivity contribution >= 4 is 28.5 Å². The number of halogens is 2. The van der Waals surface area contributed by atoms with Crippen LogP contribution >= 0.6 is 11.6 Å². The largest absolute Gasteiger partial charge is 0.479 e. The molecule has 0 fully saturated rings. The summed E-state index contributed by atoms with van der Waals surface area (Å²) >= 11 is 6.15. The number of ether oxygens (including phenoxy) is 2. The lowest BCUT2D eigenvalue weighted by Crippen LogP contribution is -2.28. The van der Waals surface area contributed by atoms with Crippen LogP contribution in [0.1, 0.15) is 18.2 Å². The maximum absolute atomic E-state index is 14.4. The van der Waals surface area contributed by atoms with Crippen molar-refractivity contribution in [1.29, 1.82) is 0 Å². The molecule has 5 nitrogen and oxygen atoms in total. The molecule has 1 atom stereocenters. The molecular formula is C26H20ClFO5. The fraction of sp³-hybridized carbons (Fsp3) is 0.154. The summed E-state index contributed by atoms with van der Waals surface area (Å²) in [6.45, 7) is 5.09. The van der Waals surface area contributed by atoms with E-state index >= 15 is 0 Å². The topological polar surface area (TPSA) is 65.7 Å². The standard InChI is InChI=1S/C26H20ClFO5/c1-14-7-9-17(10-8-14)31-16(3)26(30)33-18-11-12-19-22(13-18)32-15(2)23(25(19)29)24-20(27)5-4-6-21(24)28/h4-13,16H,1-3H3. The number of carbonyl (C=O) groups is 1. The molecule has 0 amide bonds. The van der Waals surface area contributed by atoms with Gasteiger partial charge in [0.2, 0.25) is 5.43 Å². The Bertz CT molecular complexity index is 1390. The molecule has 0 radical (unpaired) electrons. The van der Waals surface area contributed by atoms with Crippen molar-refractivity contribution in [2.75, 3.05) is 0 Å². The van der Waals surface area contributed by atoms with Gasteiger partial charge in [-0.3, -0.25) is 4.79 Å². The molecule has 7 heteroatoms. The van der Waals surface area contributed by atoms with E-state index < -0.39 is 23.3 Å². The zero-order chi connectivity index (χ0) is 23.7. The summed E-state index contributed by atoms with van der Waals surface area (Å²) in [6.07, 6.45) is -0.859. The molecule has 168 valence electrons. The third-order valence-electron chi connectivity index (χ3n) is 5.14. The highest BCUT2D eigenvalue weighted by molar-refractivity contribution is 6.33. The van der Waals surface area contributed by atoms with Gasteiger partial charge in [-0.05, 0) is 57.2 Å². The Kier molecular flexibility index (Phi) is 6.20. The average molecular weight is 467 g/mol. The molecule has 0 bridgehead atoms. The first-order valence-electron chi connectivity index (χ1n) is 10.2. The van der Waals surface area contributed by atoms with Gasteiger partial charge in [-0.1, -0.05) is 35.4 Å². The number of hydrogen-bond donors (Lipinski definition) is 0. The van der Waals surface area contributed by atoms with Crippen molar-refractivity contribution < 1.29 is 23.1 Å². The van der Waals surface area contributed by atoms with E-state index in [2.05, 4.69) is 0 Å². The first-order chi connectivity index (χ1) is 15.7. The van der Waals surface area contributed by atoms with Crippen molar-refractivity contribution in [1.82, 2.24) is 0 Å². The molecule has 1 unspecified atom stereocenters. The molecule has 4 rings (SSSR count). The van der Waals surface area contributed by atoms with Crippen molar-refractivity contribution in [3.8, 4) is 22.6 Å². The molecule has 3 aromatic carbocycles. The molecule has 0 N–H and O–H groups in total. The number of aryl methyl sites for hydroxylation is 2. The average Bonchev–Trinajstić information content (AvgIpc) is 2.77. The number of carbonyl (C=O) groups excluding carboxylic acids is 1. The Morgan fingerprint density at radius 3 is 2.39 bits per heavy atom. The molecule has 1 heterocycles. The van der Waals surface area contributed by atoms with Gasteiger partial charge in [-0.25, -0.2) is 9.18 Å². The van der Waals surface area contributed by atoms with Crippen LogP contribution in [0.15, 0.2) is 69.9 Å². The molecule has 1 aromatic heterocycles. The monoisotopic (exact) mass is 466 g/mol. The highest BCUT2D eigenvalue weighted by Gasteiger charge is 2.21. The van der Waals surface area contributed by atoms with Crippen LogP contribution in [0.25, 0.3) is 22.1 Å². The minimum atomic E-state index is -0.859. The van der Waals surface area contributed by atoms with Crippen molar-refractivity contribution in [2.24, 2.45) is 0 Å². The molecule has 0 aliphatic carbocycles. The molecule has 0 saturated carbocycles. The summed E-state index contributed by atoms with van der Waals surface area (Å²) in [5, 5.41) is 0.316. The van der Waals surface area contributed by atoms with Gasteiger partial charge in [0, 0.05) is 11.6 Å². The van der Waals surface area contributed by atoms with Crippen molar-refractivity contribution in [3.63, 3.8) is 0 Å². The van der Waals surface area contributed by atoms with Gasteiger partial charge < -0.3 is 13.9 Å². The van der Waals surface area contributed by atoms with Gasteiger partial charge in [0.15, 0.2) is 6.10 Å². The number of hydrogen-bond acceptors (Lipinski definition) is 5. The van der Waals surface area contributed by atoms with Gasteiger partial charge in [-0.15, -0.1) is 0 Å². The van der Waals surface area contributed by atoms with Gasteiger partial charge >= 0.3 is 5.97 Å². The van der Waals surface area contributed by atoms with Gasteiger partial charge in [-0.2, -0.15) is 0 Å². The number of fused-ring (bicyclic) bond motifs is 1. The Balaban J connectivity index is 1.62. The van der Waals surface area contributed by atoms with E-state index in [-0.39, 0.29) is 38.6 Å². The zero-order valence-corrected chi connectivity index (χ0v) is 18.9. The van der Waals surface area contributed by atoms with Crippen LogP contribution in [0.4, 0.5) is 4.39 Å². The number of rotatable bonds is 5. The second-order valence-electron chi connectivity index (χ2n) is 7.61. The van der Waals surface area contributed by atoms with E-state index in [4.69, 9.17) is 25.5 Å². The highest BCUT2D eigenvalue weighted by atomic mass is 35.5. The Morgan fingerprint density at radius 2 is 1.70 bits per heavy atom. The van der Waals surface area contributed by atoms with Gasteiger partial charge in [0.1, 0.15) is 28.7 Å². The summed E-state index contributed by atoms with van der Waals surface area (Å²) in [7, 11) is 0. The fourth-order valence-electron chi connectivity index (χ4n) is 3.44. The maximum atomic E-state index is 14.4. The van der Waals surface area contributed by atoms with Crippen LogP contribution < -0.4 is 14.9 Å². The molecule has 0 aliphatic rings. The van der Waals surface area contributed by atoms with Gasteiger partial charge in [0.25, 0.3) is 0 Å². The molecule has 0 spiro atoms. The third kappa shape index (κ3) is 4.61. The maximum Gasteiger partial charge on any atom is 0.352 e. The first-order valence-corrected chi connectivity index (χ1v) is 10.6. The highest BCUT2D eigenvalue weighted by Crippen LogP contribution is 2.33. The van der Waals surface area contributed by atoms with Crippen LogP contribution in [-0.4, -0.2) is 12.1 Å². The summed E-state index contributed by atoms with van der Waals surface area (Å²) in [5.41, 5.74) is 0.882. The minimum Gasteiger partial charge on any atom is -0.479 e. The number of benzene rings is 3. The molecule has 4 aromatic rings. The second kappa shape index (κ2) is 9.08. The van der Waals surface area contributed by atoms with E-state index in [1.165, 1.54) is 36.4 Å². The predicted octanol–water partition coefficient (Wildman–Crippen LogP) is 6.24. The van der Waals surface area contributed by atoms with Crippen LogP contribution in [0.3, 0.4) is 0 Å². The Morgan fingerprint density at radius 1 is 1.00 bits per heavy atom. The summed E-state index contributed by atoms with van der Waals surface area (Å²) in [4.78, 5) is 25.6. The quantitative estimate of drug-likeness (QED) is 0.257. The second-order valence-corrected chi connectivity index (χ2v) is 8.02. The molecule has 0 saturated heterocycles. The fourth-order valence-corrected chi connectivity index (χ4v) is 3.70. The van der Waals surface area contributed by atoms with E-state index in [9.17, 15) is 14.0 Å². The van der Waals surface area contributed by atoms with Crippen molar-refractivity contribution in [2.45, 2.75) is 26.9 Å². The number of esters is 1. The van der Waals surface area contributed by atoms with E-state index in [1.54, 1.807) is 26.0 Å². The van der Waals surface area contributed by atoms with Crippen LogP contribution in [0.2, 0.25) is 5.02 Å². The lowest BCUT2D eigenvalue weighted by Gasteiger charge is -2.14. The normalized spacial score (nSPS) is 11.9. The first kappa shape index (κ1) is 22.6.